The van der Waals surface area contributed by atoms with Gasteiger partial charge in [0.15, 0.2) is 0 Å². The number of rotatable bonds is 10. The Labute approximate surface area is 106 Å². The van der Waals surface area contributed by atoms with Gasteiger partial charge in [-0.2, -0.15) is 0 Å². The molecule has 0 saturated carbocycles. The molecule has 0 aromatic heterocycles. The molecule has 0 aromatic carbocycles. The number of hydrogen-bond acceptors (Lipinski definition) is 4. The predicted octanol–water partition coefficient (Wildman–Crippen LogP) is 1.60. The molecule has 1 N–H and O–H groups in total. The van der Waals surface area contributed by atoms with Crippen LogP contribution in [0.3, 0.4) is 0 Å². The van der Waals surface area contributed by atoms with Crippen LogP contribution in [0.15, 0.2) is 0 Å². The molecule has 17 heavy (non-hydrogen) atoms. The van der Waals surface area contributed by atoms with Gasteiger partial charge in [-0.25, -0.2) is 8.42 Å². The maximum absolute atomic E-state index is 11.2. The highest BCUT2D eigenvalue weighted by Gasteiger charge is 2.13. The summed E-state index contributed by atoms with van der Waals surface area (Å²) in [6.45, 7) is 5.08. The van der Waals surface area contributed by atoms with E-state index >= 15 is 0 Å². The molecule has 0 rings (SSSR count). The molecule has 0 aliphatic carbocycles. The number of hydrogen-bond donors (Lipinski definition) is 1. The van der Waals surface area contributed by atoms with Gasteiger partial charge in [0, 0.05) is 19.4 Å². The Bertz CT molecular complexity index is 277. The summed E-state index contributed by atoms with van der Waals surface area (Å²) in [5, 5.41) is 3.40. The Hall–Kier alpha value is -0.130. The maximum atomic E-state index is 11.2. The van der Waals surface area contributed by atoms with Gasteiger partial charge in [-0.05, 0) is 39.2 Å². The van der Waals surface area contributed by atoms with Crippen molar-refractivity contribution in [3.8, 4) is 0 Å². The number of ether oxygens (including phenoxy) is 1. The second-order valence-electron chi connectivity index (χ2n) is 4.69. The first kappa shape index (κ1) is 16.9. The van der Waals surface area contributed by atoms with Crippen molar-refractivity contribution in [2.24, 2.45) is 0 Å². The third kappa shape index (κ3) is 10.7. The molecular weight excluding hydrogens is 238 g/mol. The standard InChI is InChI=1S/C12H27NO3S/c1-5-9-13-12(7-6-11(2)16-3)8-10-17(4,14)15/h11-13H,5-10H2,1-4H3. The molecule has 0 aromatic rings. The molecule has 5 heteroatoms. The lowest BCUT2D eigenvalue weighted by atomic mass is 10.1. The van der Waals surface area contributed by atoms with Crippen molar-refractivity contribution in [1.82, 2.24) is 5.32 Å². The van der Waals surface area contributed by atoms with E-state index < -0.39 is 9.84 Å². The average Bonchev–Trinajstić information content (AvgIpc) is 2.26. The van der Waals surface area contributed by atoms with Crippen LogP contribution in [0, 0.1) is 0 Å². The first-order valence-corrected chi connectivity index (χ1v) is 8.39. The molecule has 0 spiro atoms. The van der Waals surface area contributed by atoms with Crippen LogP contribution in [0.25, 0.3) is 0 Å². The smallest absolute Gasteiger partial charge is 0.147 e. The quantitative estimate of drug-likeness (QED) is 0.652. The van der Waals surface area contributed by atoms with E-state index in [1.54, 1.807) is 7.11 Å². The van der Waals surface area contributed by atoms with Crippen LogP contribution in [-0.2, 0) is 14.6 Å². The van der Waals surface area contributed by atoms with Gasteiger partial charge < -0.3 is 10.1 Å². The minimum absolute atomic E-state index is 0.235. The zero-order chi connectivity index (χ0) is 13.3. The fraction of sp³-hybridized carbons (Fsp3) is 1.00. The van der Waals surface area contributed by atoms with Crippen molar-refractivity contribution >= 4 is 9.84 Å². The number of sulfone groups is 1. The van der Waals surface area contributed by atoms with Crippen molar-refractivity contribution in [1.29, 1.82) is 0 Å². The first-order chi connectivity index (χ1) is 7.89. The summed E-state index contributed by atoms with van der Waals surface area (Å²) < 4.78 is 27.5. The van der Waals surface area contributed by atoms with Crippen molar-refractivity contribution in [2.75, 3.05) is 25.7 Å². The molecule has 0 bridgehead atoms. The van der Waals surface area contributed by atoms with E-state index in [1.807, 2.05) is 6.92 Å². The van der Waals surface area contributed by atoms with Crippen LogP contribution < -0.4 is 5.32 Å². The molecule has 0 amide bonds. The van der Waals surface area contributed by atoms with E-state index in [0.29, 0.717) is 6.42 Å². The van der Waals surface area contributed by atoms with E-state index in [1.165, 1.54) is 6.26 Å². The fourth-order valence-corrected chi connectivity index (χ4v) is 2.32. The highest BCUT2D eigenvalue weighted by Crippen LogP contribution is 2.08. The Morgan fingerprint density at radius 1 is 1.24 bits per heavy atom. The Kier molecular flexibility index (Phi) is 8.82. The van der Waals surface area contributed by atoms with E-state index in [9.17, 15) is 8.42 Å². The third-order valence-corrected chi connectivity index (χ3v) is 3.82. The van der Waals surface area contributed by atoms with Gasteiger partial charge in [-0.15, -0.1) is 0 Å². The van der Waals surface area contributed by atoms with Crippen molar-refractivity contribution < 1.29 is 13.2 Å². The van der Waals surface area contributed by atoms with Crippen molar-refractivity contribution in [3.63, 3.8) is 0 Å². The highest BCUT2D eigenvalue weighted by molar-refractivity contribution is 7.90. The lowest BCUT2D eigenvalue weighted by Gasteiger charge is -2.19. The fourth-order valence-electron chi connectivity index (χ4n) is 1.61. The summed E-state index contributed by atoms with van der Waals surface area (Å²) in [4.78, 5) is 0. The molecular formula is C12H27NO3S. The first-order valence-electron chi connectivity index (χ1n) is 6.33. The van der Waals surface area contributed by atoms with E-state index in [0.717, 1.165) is 25.8 Å². The van der Waals surface area contributed by atoms with Crippen LogP contribution in [-0.4, -0.2) is 46.2 Å². The van der Waals surface area contributed by atoms with E-state index in [2.05, 4.69) is 12.2 Å². The van der Waals surface area contributed by atoms with Gasteiger partial charge in [-0.1, -0.05) is 6.92 Å². The summed E-state index contributed by atoms with van der Waals surface area (Å²) in [6.07, 6.45) is 5.21. The lowest BCUT2D eigenvalue weighted by Crippen LogP contribution is -2.32. The molecule has 4 nitrogen and oxygen atoms in total. The summed E-state index contributed by atoms with van der Waals surface area (Å²) in [5.41, 5.74) is 0. The molecule has 0 fully saturated rings. The van der Waals surface area contributed by atoms with Crippen molar-refractivity contribution in [2.45, 2.75) is 51.7 Å². The minimum Gasteiger partial charge on any atom is -0.382 e. The van der Waals surface area contributed by atoms with Crippen LogP contribution in [0.2, 0.25) is 0 Å². The third-order valence-electron chi connectivity index (χ3n) is 2.84. The Morgan fingerprint density at radius 3 is 2.35 bits per heavy atom. The van der Waals surface area contributed by atoms with E-state index in [-0.39, 0.29) is 17.9 Å². The Balaban J connectivity index is 4.04. The molecule has 2 unspecified atom stereocenters. The average molecular weight is 265 g/mol. The zero-order valence-electron chi connectivity index (χ0n) is 11.5. The van der Waals surface area contributed by atoms with Crippen LogP contribution in [0.4, 0.5) is 0 Å². The molecule has 0 heterocycles. The predicted molar refractivity (Wildman–Crippen MR) is 72.1 cm³/mol. The summed E-state index contributed by atoms with van der Waals surface area (Å²) in [7, 11) is -1.16. The van der Waals surface area contributed by atoms with E-state index in [4.69, 9.17) is 4.74 Å². The topological polar surface area (TPSA) is 55.4 Å². The van der Waals surface area contributed by atoms with Crippen LogP contribution in [0.5, 0.6) is 0 Å². The summed E-state index contributed by atoms with van der Waals surface area (Å²) in [6, 6.07) is 0.280. The normalized spacial score (nSPS) is 15.8. The van der Waals surface area contributed by atoms with Gasteiger partial charge in [0.25, 0.3) is 0 Å². The summed E-state index contributed by atoms with van der Waals surface area (Å²) in [5.74, 6) is 0.260. The van der Waals surface area contributed by atoms with Crippen molar-refractivity contribution in [3.05, 3.63) is 0 Å². The second kappa shape index (κ2) is 8.89. The largest absolute Gasteiger partial charge is 0.382 e. The molecule has 104 valence electrons. The highest BCUT2D eigenvalue weighted by atomic mass is 32.2. The molecule has 0 aliphatic heterocycles. The number of methoxy groups -OCH3 is 1. The van der Waals surface area contributed by atoms with Gasteiger partial charge in [0.2, 0.25) is 0 Å². The SMILES string of the molecule is CCCNC(CCC(C)OC)CCS(C)(=O)=O. The molecule has 0 radical (unpaired) electrons. The molecule has 0 saturated heterocycles. The monoisotopic (exact) mass is 265 g/mol. The number of nitrogens with one attached hydrogen (secondary N) is 1. The molecule has 0 aliphatic rings. The van der Waals surface area contributed by atoms with Gasteiger partial charge in [0.1, 0.15) is 9.84 Å². The maximum Gasteiger partial charge on any atom is 0.147 e. The van der Waals surface area contributed by atoms with Crippen LogP contribution in [0.1, 0.15) is 39.5 Å². The molecule has 2 atom stereocenters. The van der Waals surface area contributed by atoms with Gasteiger partial charge in [0.05, 0.1) is 11.9 Å². The second-order valence-corrected chi connectivity index (χ2v) is 6.95. The Morgan fingerprint density at radius 2 is 1.88 bits per heavy atom. The zero-order valence-corrected chi connectivity index (χ0v) is 12.3. The minimum atomic E-state index is -2.86. The van der Waals surface area contributed by atoms with Crippen LogP contribution >= 0.6 is 0 Å². The van der Waals surface area contributed by atoms with Gasteiger partial charge in [-0.3, -0.25) is 0 Å². The lowest BCUT2D eigenvalue weighted by molar-refractivity contribution is 0.106. The summed E-state index contributed by atoms with van der Waals surface area (Å²) >= 11 is 0. The van der Waals surface area contributed by atoms with Gasteiger partial charge >= 0.3 is 0 Å².